The van der Waals surface area contributed by atoms with Crippen LogP contribution >= 0.6 is 0 Å². The Morgan fingerprint density at radius 3 is 2.26 bits per heavy atom. The second-order valence-electron chi connectivity index (χ2n) is 8.28. The highest BCUT2D eigenvalue weighted by atomic mass is 16.6. The second-order valence-corrected chi connectivity index (χ2v) is 8.28. The van der Waals surface area contributed by atoms with Crippen molar-refractivity contribution in [3.8, 4) is 11.1 Å². The van der Waals surface area contributed by atoms with E-state index in [1.807, 2.05) is 50.2 Å². The number of amides is 1. The predicted octanol–water partition coefficient (Wildman–Crippen LogP) is 4.35. The maximum atomic E-state index is 12.9. The minimum atomic E-state index is -1.09. The third-order valence-corrected chi connectivity index (χ3v) is 6.10. The number of fused-ring (bicyclic) bond motifs is 4. The van der Waals surface area contributed by atoms with Gasteiger partial charge in [0.15, 0.2) is 6.04 Å². The van der Waals surface area contributed by atoms with Crippen LogP contribution in [0.25, 0.3) is 11.1 Å². The lowest BCUT2D eigenvalue weighted by atomic mass is 9.98. The minimum absolute atomic E-state index is 0.0743. The zero-order chi connectivity index (χ0) is 21.7. The highest BCUT2D eigenvalue weighted by molar-refractivity contribution is 5.83. The molecule has 1 amide bonds. The van der Waals surface area contributed by atoms with Gasteiger partial charge in [-0.25, -0.2) is 9.59 Å². The molecule has 2 aromatic carbocycles. The van der Waals surface area contributed by atoms with Gasteiger partial charge in [0, 0.05) is 23.7 Å². The van der Waals surface area contributed by atoms with E-state index in [1.165, 1.54) is 4.90 Å². The topological polar surface area (TPSA) is 84.7 Å². The van der Waals surface area contributed by atoms with Crippen LogP contribution in [0.1, 0.15) is 54.2 Å². The van der Waals surface area contributed by atoms with Crippen LogP contribution in [0.4, 0.5) is 4.79 Å². The van der Waals surface area contributed by atoms with Crippen LogP contribution in [-0.4, -0.2) is 38.5 Å². The van der Waals surface area contributed by atoms with Crippen LogP contribution in [-0.2, 0) is 16.1 Å². The number of carboxylic acids is 1. The zero-order valence-electron chi connectivity index (χ0n) is 17.4. The number of aromatic nitrogens is 2. The molecule has 0 bridgehead atoms. The molecular weight excluding hydrogens is 394 g/mol. The van der Waals surface area contributed by atoms with Crippen LogP contribution in [0, 0.1) is 0 Å². The first-order chi connectivity index (χ1) is 15.0. The SMILES string of the molecule is CC(C)n1cc2c(n1)CN(C(=O)OCC1c3ccccc3-c3ccccc31)C2C(=O)O. The molecule has 5 rings (SSSR count). The summed E-state index contributed by atoms with van der Waals surface area (Å²) in [6.07, 6.45) is 1.08. The monoisotopic (exact) mass is 417 g/mol. The summed E-state index contributed by atoms with van der Waals surface area (Å²) in [5.41, 5.74) is 5.68. The Labute approximate surface area is 179 Å². The number of benzene rings is 2. The molecule has 1 aliphatic carbocycles. The molecule has 7 nitrogen and oxygen atoms in total. The van der Waals surface area contributed by atoms with Gasteiger partial charge in [0.25, 0.3) is 0 Å². The molecule has 0 saturated carbocycles. The molecule has 2 aliphatic rings. The fraction of sp³-hybridized carbons (Fsp3) is 0.292. The van der Waals surface area contributed by atoms with E-state index in [9.17, 15) is 14.7 Å². The molecule has 1 N–H and O–H groups in total. The largest absolute Gasteiger partial charge is 0.479 e. The summed E-state index contributed by atoms with van der Waals surface area (Å²) < 4.78 is 7.40. The van der Waals surface area contributed by atoms with Crippen LogP contribution in [0.3, 0.4) is 0 Å². The van der Waals surface area contributed by atoms with Crippen molar-refractivity contribution in [2.75, 3.05) is 6.61 Å². The number of hydrogen-bond donors (Lipinski definition) is 1. The summed E-state index contributed by atoms with van der Waals surface area (Å²) in [5.74, 6) is -1.16. The summed E-state index contributed by atoms with van der Waals surface area (Å²) >= 11 is 0. The molecule has 0 spiro atoms. The number of carbonyl (C=O) groups is 2. The van der Waals surface area contributed by atoms with Gasteiger partial charge in [-0.1, -0.05) is 48.5 Å². The second kappa shape index (κ2) is 7.27. The van der Waals surface area contributed by atoms with Gasteiger partial charge in [-0.15, -0.1) is 0 Å². The first kappa shape index (κ1) is 19.4. The molecule has 1 aromatic heterocycles. The van der Waals surface area contributed by atoms with Crippen molar-refractivity contribution < 1.29 is 19.4 Å². The number of hydrogen-bond acceptors (Lipinski definition) is 4. The van der Waals surface area contributed by atoms with Gasteiger partial charge in [-0.05, 0) is 36.1 Å². The Hall–Kier alpha value is -3.61. The maximum Gasteiger partial charge on any atom is 0.411 e. The summed E-state index contributed by atoms with van der Waals surface area (Å²) in [6.45, 7) is 4.23. The highest BCUT2D eigenvalue weighted by Crippen LogP contribution is 2.44. The van der Waals surface area contributed by atoms with E-state index in [2.05, 4.69) is 17.2 Å². The van der Waals surface area contributed by atoms with Gasteiger partial charge in [0.05, 0.1) is 12.2 Å². The number of carbonyl (C=O) groups excluding carboxylic acids is 1. The number of carboxylic acid groups (broad SMARTS) is 1. The average molecular weight is 417 g/mol. The number of nitrogens with zero attached hydrogens (tertiary/aromatic N) is 3. The van der Waals surface area contributed by atoms with Crippen LogP contribution in [0.5, 0.6) is 0 Å². The molecule has 1 unspecified atom stereocenters. The lowest BCUT2D eigenvalue weighted by Crippen LogP contribution is -2.35. The lowest BCUT2D eigenvalue weighted by molar-refractivity contribution is -0.142. The smallest absolute Gasteiger partial charge is 0.411 e. The van der Waals surface area contributed by atoms with Gasteiger partial charge in [0.1, 0.15) is 6.61 Å². The molecule has 3 aromatic rings. The van der Waals surface area contributed by atoms with Crippen molar-refractivity contribution in [2.24, 2.45) is 0 Å². The van der Waals surface area contributed by atoms with Crippen molar-refractivity contribution in [3.05, 3.63) is 77.1 Å². The van der Waals surface area contributed by atoms with Crippen molar-refractivity contribution in [1.82, 2.24) is 14.7 Å². The van der Waals surface area contributed by atoms with Crippen LogP contribution in [0.2, 0.25) is 0 Å². The van der Waals surface area contributed by atoms with E-state index in [4.69, 9.17) is 4.74 Å². The Kier molecular flexibility index (Phi) is 4.54. The third-order valence-electron chi connectivity index (χ3n) is 6.10. The van der Waals surface area contributed by atoms with Gasteiger partial charge < -0.3 is 9.84 Å². The summed E-state index contributed by atoms with van der Waals surface area (Å²) in [5, 5.41) is 14.2. The first-order valence-electron chi connectivity index (χ1n) is 10.4. The average Bonchev–Trinajstić information content (AvgIpc) is 3.41. The molecular formula is C24H23N3O4. The lowest BCUT2D eigenvalue weighted by Gasteiger charge is -2.23. The van der Waals surface area contributed by atoms with E-state index in [-0.39, 0.29) is 25.1 Å². The Morgan fingerprint density at radius 2 is 1.68 bits per heavy atom. The summed E-state index contributed by atoms with van der Waals surface area (Å²) in [7, 11) is 0. The number of ether oxygens (including phenoxy) is 1. The molecule has 0 fully saturated rings. The van der Waals surface area contributed by atoms with Crippen molar-refractivity contribution in [2.45, 2.75) is 38.4 Å². The van der Waals surface area contributed by atoms with E-state index in [0.29, 0.717) is 11.3 Å². The van der Waals surface area contributed by atoms with E-state index < -0.39 is 18.1 Å². The summed E-state index contributed by atoms with van der Waals surface area (Å²) in [6, 6.07) is 15.2. The van der Waals surface area contributed by atoms with Gasteiger partial charge in [-0.3, -0.25) is 9.58 Å². The first-order valence-corrected chi connectivity index (χ1v) is 10.4. The van der Waals surface area contributed by atoms with Gasteiger partial charge in [0.2, 0.25) is 0 Å². The normalized spacial score (nSPS) is 16.9. The van der Waals surface area contributed by atoms with Crippen molar-refractivity contribution in [3.63, 3.8) is 0 Å². The molecule has 2 heterocycles. The van der Waals surface area contributed by atoms with Crippen molar-refractivity contribution >= 4 is 12.1 Å². The number of aliphatic carboxylic acids is 1. The fourth-order valence-corrected chi connectivity index (χ4v) is 4.59. The molecule has 158 valence electrons. The van der Waals surface area contributed by atoms with E-state index in [0.717, 1.165) is 22.3 Å². The minimum Gasteiger partial charge on any atom is -0.479 e. The van der Waals surface area contributed by atoms with E-state index in [1.54, 1.807) is 10.9 Å². The molecule has 0 radical (unpaired) electrons. The molecule has 7 heteroatoms. The van der Waals surface area contributed by atoms with Crippen LogP contribution in [0.15, 0.2) is 54.7 Å². The highest BCUT2D eigenvalue weighted by Gasteiger charge is 2.42. The predicted molar refractivity (Wildman–Crippen MR) is 114 cm³/mol. The zero-order valence-corrected chi connectivity index (χ0v) is 17.4. The molecule has 0 saturated heterocycles. The third kappa shape index (κ3) is 3.08. The molecule has 1 atom stereocenters. The summed E-state index contributed by atoms with van der Waals surface area (Å²) in [4.78, 5) is 26.1. The molecule has 1 aliphatic heterocycles. The Balaban J connectivity index is 1.36. The van der Waals surface area contributed by atoms with Gasteiger partial charge >= 0.3 is 12.1 Å². The Bertz CT molecular complexity index is 1140. The fourth-order valence-electron chi connectivity index (χ4n) is 4.59. The van der Waals surface area contributed by atoms with E-state index >= 15 is 0 Å². The van der Waals surface area contributed by atoms with Crippen LogP contribution < -0.4 is 0 Å². The quantitative estimate of drug-likeness (QED) is 0.682. The van der Waals surface area contributed by atoms with Gasteiger partial charge in [-0.2, -0.15) is 5.10 Å². The number of rotatable bonds is 4. The Morgan fingerprint density at radius 1 is 1.06 bits per heavy atom. The maximum absolute atomic E-state index is 12.9. The standard InChI is InChI=1S/C24H23N3O4/c1-14(2)27-11-19-21(25-27)12-26(22(19)23(28)29)24(30)31-13-20-17-9-5-3-7-15(17)16-8-4-6-10-18(16)20/h3-11,14,20,22H,12-13H2,1-2H3,(H,28,29). The molecule has 31 heavy (non-hydrogen) atoms. The van der Waals surface area contributed by atoms with Crippen molar-refractivity contribution in [1.29, 1.82) is 0 Å².